The van der Waals surface area contributed by atoms with Crippen LogP contribution in [0.3, 0.4) is 0 Å². The van der Waals surface area contributed by atoms with Crippen LogP contribution in [0.15, 0.2) is 23.7 Å². The smallest absolute Gasteiger partial charge is 0.239 e. The minimum absolute atomic E-state index is 0.0441. The molecule has 0 aliphatic rings. The van der Waals surface area contributed by atoms with Crippen LogP contribution in [0.25, 0.3) is 10.6 Å². The summed E-state index contributed by atoms with van der Waals surface area (Å²) in [5, 5.41) is 5.25. The van der Waals surface area contributed by atoms with Crippen molar-refractivity contribution in [3.05, 3.63) is 29.4 Å². The normalized spacial score (nSPS) is 10.7. The summed E-state index contributed by atoms with van der Waals surface area (Å²) < 4.78 is 0. The van der Waals surface area contributed by atoms with Crippen LogP contribution in [0.2, 0.25) is 0 Å². The minimum Gasteiger partial charge on any atom is -0.322 e. The van der Waals surface area contributed by atoms with Gasteiger partial charge in [0.2, 0.25) is 5.91 Å². The van der Waals surface area contributed by atoms with Gasteiger partial charge in [-0.3, -0.25) is 9.78 Å². The van der Waals surface area contributed by atoms with Crippen LogP contribution in [-0.4, -0.2) is 22.4 Å². The van der Waals surface area contributed by atoms with Gasteiger partial charge in [-0.05, 0) is 18.1 Å². The molecular formula is C13H16N4OS. The summed E-state index contributed by atoms with van der Waals surface area (Å²) in [5.74, 6) is 0.693. The van der Waals surface area contributed by atoms with E-state index >= 15 is 0 Å². The topological polar surface area (TPSA) is 80.9 Å². The maximum atomic E-state index is 11.2. The fourth-order valence-electron chi connectivity index (χ4n) is 1.53. The Labute approximate surface area is 115 Å². The van der Waals surface area contributed by atoms with Crippen molar-refractivity contribution >= 4 is 23.1 Å². The second-order valence-electron chi connectivity index (χ2n) is 4.42. The lowest BCUT2D eigenvalue weighted by molar-refractivity contribution is -0.114. The fourth-order valence-corrected chi connectivity index (χ4v) is 2.27. The van der Waals surface area contributed by atoms with Gasteiger partial charge in [-0.15, -0.1) is 11.3 Å². The molecule has 3 N–H and O–H groups in total. The number of rotatable bonds is 4. The summed E-state index contributed by atoms with van der Waals surface area (Å²) >= 11 is 1.46. The first-order chi connectivity index (χ1) is 9.10. The van der Waals surface area contributed by atoms with Crippen LogP contribution in [0.4, 0.5) is 5.82 Å². The van der Waals surface area contributed by atoms with E-state index in [1.54, 1.807) is 5.38 Å². The standard InChI is InChI=1S/C13H16N4OS/c1-8(2)10-4-3-9(6-15-10)13-17-11(7-19-13)16-12(18)5-14/h3-4,6-8H,5,14H2,1-2H3,(H,16,18). The lowest BCUT2D eigenvalue weighted by Crippen LogP contribution is -2.21. The number of thiazole rings is 1. The van der Waals surface area contributed by atoms with Crippen molar-refractivity contribution in [2.75, 3.05) is 11.9 Å². The molecule has 0 atom stereocenters. The second kappa shape index (κ2) is 5.90. The van der Waals surface area contributed by atoms with E-state index in [0.29, 0.717) is 11.7 Å². The molecule has 2 heterocycles. The molecule has 0 aliphatic carbocycles. The average Bonchev–Trinajstić information content (AvgIpc) is 2.87. The highest BCUT2D eigenvalue weighted by atomic mass is 32.1. The van der Waals surface area contributed by atoms with E-state index in [4.69, 9.17) is 5.73 Å². The number of aromatic nitrogens is 2. The number of carbonyl (C=O) groups excluding carboxylic acids is 1. The van der Waals surface area contributed by atoms with Gasteiger partial charge in [-0.1, -0.05) is 13.8 Å². The van der Waals surface area contributed by atoms with E-state index in [2.05, 4.69) is 29.1 Å². The van der Waals surface area contributed by atoms with Gasteiger partial charge >= 0.3 is 0 Å². The number of anilines is 1. The Morgan fingerprint density at radius 1 is 1.47 bits per heavy atom. The molecule has 0 fully saturated rings. The molecule has 0 radical (unpaired) electrons. The van der Waals surface area contributed by atoms with Gasteiger partial charge in [0, 0.05) is 22.8 Å². The zero-order valence-corrected chi connectivity index (χ0v) is 11.7. The van der Waals surface area contributed by atoms with Crippen molar-refractivity contribution < 1.29 is 4.79 Å². The third-order valence-corrected chi connectivity index (χ3v) is 3.47. The van der Waals surface area contributed by atoms with Crippen molar-refractivity contribution in [2.45, 2.75) is 19.8 Å². The van der Waals surface area contributed by atoms with Gasteiger partial charge in [0.1, 0.15) is 10.8 Å². The number of hydrogen-bond acceptors (Lipinski definition) is 5. The van der Waals surface area contributed by atoms with Crippen molar-refractivity contribution in [2.24, 2.45) is 5.73 Å². The Morgan fingerprint density at radius 2 is 2.26 bits per heavy atom. The quantitative estimate of drug-likeness (QED) is 0.897. The molecule has 1 amide bonds. The molecule has 2 aromatic rings. The third kappa shape index (κ3) is 3.36. The summed E-state index contributed by atoms with van der Waals surface area (Å²) in [6.45, 7) is 4.16. The highest BCUT2D eigenvalue weighted by Gasteiger charge is 2.08. The minimum atomic E-state index is -0.245. The monoisotopic (exact) mass is 276 g/mol. The Morgan fingerprint density at radius 3 is 2.84 bits per heavy atom. The molecule has 100 valence electrons. The van der Waals surface area contributed by atoms with Crippen LogP contribution in [0, 0.1) is 0 Å². The van der Waals surface area contributed by atoms with Crippen molar-refractivity contribution in [1.82, 2.24) is 9.97 Å². The van der Waals surface area contributed by atoms with Crippen molar-refractivity contribution in [1.29, 1.82) is 0 Å². The summed E-state index contributed by atoms with van der Waals surface area (Å²) in [7, 11) is 0. The molecule has 5 nitrogen and oxygen atoms in total. The molecule has 0 aliphatic heterocycles. The number of nitrogens with one attached hydrogen (secondary N) is 1. The highest BCUT2D eigenvalue weighted by molar-refractivity contribution is 7.13. The Bertz CT molecular complexity index is 562. The highest BCUT2D eigenvalue weighted by Crippen LogP contribution is 2.26. The molecule has 0 saturated carbocycles. The molecule has 2 aromatic heterocycles. The van der Waals surface area contributed by atoms with Crippen molar-refractivity contribution in [3.63, 3.8) is 0 Å². The van der Waals surface area contributed by atoms with Crippen LogP contribution in [-0.2, 0) is 4.79 Å². The fraction of sp³-hybridized carbons (Fsp3) is 0.308. The molecular weight excluding hydrogens is 260 g/mol. The number of carbonyl (C=O) groups is 1. The molecule has 19 heavy (non-hydrogen) atoms. The summed E-state index contributed by atoms with van der Waals surface area (Å²) in [4.78, 5) is 19.9. The first-order valence-electron chi connectivity index (χ1n) is 6.02. The van der Waals surface area contributed by atoms with Crippen LogP contribution < -0.4 is 11.1 Å². The summed E-state index contributed by atoms with van der Waals surface area (Å²) in [6.07, 6.45) is 1.81. The molecule has 0 saturated heterocycles. The van der Waals surface area contributed by atoms with Gasteiger partial charge in [0.15, 0.2) is 0 Å². The predicted octanol–water partition coefficient (Wildman–Crippen LogP) is 2.23. The number of nitrogens with two attached hydrogens (primary N) is 1. The first kappa shape index (κ1) is 13.6. The Kier molecular flexibility index (Phi) is 4.24. The first-order valence-corrected chi connectivity index (χ1v) is 6.90. The second-order valence-corrected chi connectivity index (χ2v) is 5.27. The van der Waals surface area contributed by atoms with E-state index < -0.39 is 0 Å². The molecule has 0 aromatic carbocycles. The maximum Gasteiger partial charge on any atom is 0.239 e. The zero-order chi connectivity index (χ0) is 13.8. The number of hydrogen-bond donors (Lipinski definition) is 2. The van der Waals surface area contributed by atoms with Gasteiger partial charge in [0.05, 0.1) is 6.54 Å². The lowest BCUT2D eigenvalue weighted by atomic mass is 10.1. The van der Waals surface area contributed by atoms with Crippen molar-refractivity contribution in [3.8, 4) is 10.6 Å². The average molecular weight is 276 g/mol. The Hall–Kier alpha value is -1.79. The van der Waals surface area contributed by atoms with Crippen LogP contribution in [0.1, 0.15) is 25.5 Å². The summed E-state index contributed by atoms with van der Waals surface area (Å²) in [5.41, 5.74) is 7.24. The predicted molar refractivity (Wildman–Crippen MR) is 77.1 cm³/mol. The van der Waals surface area contributed by atoms with Crippen LogP contribution >= 0.6 is 11.3 Å². The molecule has 2 rings (SSSR count). The Balaban J connectivity index is 2.16. The molecule has 0 unspecified atom stereocenters. The molecule has 0 bridgehead atoms. The number of pyridine rings is 1. The lowest BCUT2D eigenvalue weighted by Gasteiger charge is -2.04. The van der Waals surface area contributed by atoms with Gasteiger partial charge < -0.3 is 11.1 Å². The number of amides is 1. The van der Waals surface area contributed by atoms with Crippen LogP contribution in [0.5, 0.6) is 0 Å². The summed E-state index contributed by atoms with van der Waals surface area (Å²) in [6, 6.07) is 4.00. The van der Waals surface area contributed by atoms with E-state index in [1.165, 1.54) is 11.3 Å². The van der Waals surface area contributed by atoms with E-state index in [0.717, 1.165) is 16.3 Å². The number of nitrogens with zero attached hydrogens (tertiary/aromatic N) is 2. The third-order valence-electron chi connectivity index (χ3n) is 2.58. The van der Waals surface area contributed by atoms with E-state index in [-0.39, 0.29) is 12.5 Å². The van der Waals surface area contributed by atoms with Gasteiger partial charge in [-0.25, -0.2) is 4.98 Å². The van der Waals surface area contributed by atoms with Gasteiger partial charge in [-0.2, -0.15) is 0 Å². The SMILES string of the molecule is CC(C)c1ccc(-c2nc(NC(=O)CN)cs2)cn1. The van der Waals surface area contributed by atoms with E-state index in [1.807, 2.05) is 18.3 Å². The zero-order valence-electron chi connectivity index (χ0n) is 10.9. The van der Waals surface area contributed by atoms with E-state index in [9.17, 15) is 4.79 Å². The maximum absolute atomic E-state index is 11.2. The van der Waals surface area contributed by atoms with Gasteiger partial charge in [0.25, 0.3) is 0 Å². The largest absolute Gasteiger partial charge is 0.322 e. The molecule has 6 heteroatoms. The molecule has 0 spiro atoms.